The summed E-state index contributed by atoms with van der Waals surface area (Å²) in [7, 11) is 0. The summed E-state index contributed by atoms with van der Waals surface area (Å²) in [5.74, 6) is 0. The quantitative estimate of drug-likeness (QED) is 0.148. The molecule has 0 atom stereocenters. The molecule has 1 aromatic heterocycles. The maximum Gasteiger partial charge on any atom is 0.252 e. The van der Waals surface area contributed by atoms with Crippen LogP contribution in [0.4, 0.5) is 51.2 Å². The Balaban J connectivity index is 1.07. The normalized spacial score (nSPS) is 13.7. The molecule has 0 radical (unpaired) electrons. The average molecular weight is 889 g/mol. The van der Waals surface area contributed by atoms with Crippen LogP contribution in [-0.4, -0.2) is 11.3 Å². The number of aromatic nitrogens is 1. The highest BCUT2D eigenvalue weighted by Gasteiger charge is 2.47. The van der Waals surface area contributed by atoms with E-state index in [1.165, 1.54) is 83.6 Å². The van der Waals surface area contributed by atoms with Crippen molar-refractivity contribution in [1.82, 2.24) is 4.57 Å². The van der Waals surface area contributed by atoms with Crippen molar-refractivity contribution in [2.45, 2.75) is 52.4 Å². The Morgan fingerprint density at radius 3 is 1.62 bits per heavy atom. The molecule has 69 heavy (non-hydrogen) atoms. The maximum atomic E-state index is 2.66. The Morgan fingerprint density at radius 2 is 1.03 bits per heavy atom. The smallest absolute Gasteiger partial charge is 0.252 e. The Hall–Kier alpha value is -8.02. The van der Waals surface area contributed by atoms with Crippen LogP contribution in [0.3, 0.4) is 0 Å². The third-order valence-corrected chi connectivity index (χ3v) is 15.0. The first-order chi connectivity index (χ1) is 33.6. The van der Waals surface area contributed by atoms with Crippen molar-refractivity contribution in [3.05, 3.63) is 235 Å². The molecular weight excluding hydrogens is 836 g/mol. The number of anilines is 9. The number of benzene rings is 9. The first kappa shape index (κ1) is 41.2. The van der Waals surface area contributed by atoms with E-state index < -0.39 is 0 Å². The summed E-state index contributed by atoms with van der Waals surface area (Å²) in [4.78, 5) is 7.35. The van der Waals surface area contributed by atoms with E-state index in [2.05, 4.69) is 273 Å². The molecule has 0 amide bonds. The molecule has 0 fully saturated rings. The second kappa shape index (κ2) is 15.2. The zero-order valence-electron chi connectivity index (χ0n) is 40.1. The van der Waals surface area contributed by atoms with Crippen LogP contribution >= 0.6 is 0 Å². The minimum absolute atomic E-state index is 0.0186. The maximum absolute atomic E-state index is 2.66. The van der Waals surface area contributed by atoms with Crippen LogP contribution in [0.5, 0.6) is 0 Å². The minimum atomic E-state index is -0.279. The number of fused-ring (bicyclic) bond motifs is 9. The standard InChI is InChI=1S/C64H53BN4/c1-42-37-57-60-58(38-42)69-61-52(59-62(69)51-35-33-49(40-53(51)64(59,5)6)66(44-22-11-7-12-23-44)45-24-13-8-14-25-45)31-20-32-55(61)65(60)54-36-34-50(67(46-26-15-9-16-27-46)47-28-17-10-18-29-47)41-56(54)68(57)48-30-19-21-43(39-48)63(2,3)4/h7-41H,1-6H3. The van der Waals surface area contributed by atoms with Gasteiger partial charge in [-0.15, -0.1) is 0 Å². The van der Waals surface area contributed by atoms with Crippen molar-refractivity contribution >= 4 is 85.2 Å². The number of rotatable bonds is 7. The molecular formula is C64H53BN4. The van der Waals surface area contributed by atoms with E-state index >= 15 is 0 Å². The monoisotopic (exact) mass is 888 g/mol. The van der Waals surface area contributed by atoms with Gasteiger partial charge in [0.1, 0.15) is 0 Å². The number of para-hydroxylation sites is 5. The summed E-state index contributed by atoms with van der Waals surface area (Å²) in [5, 5.41) is 1.33. The first-order valence-corrected chi connectivity index (χ1v) is 24.4. The molecule has 0 saturated carbocycles. The van der Waals surface area contributed by atoms with Crippen molar-refractivity contribution in [2.24, 2.45) is 0 Å². The Labute approximate surface area is 406 Å². The highest BCUT2D eigenvalue weighted by molar-refractivity contribution is 7.00. The van der Waals surface area contributed by atoms with Crippen LogP contribution in [0, 0.1) is 6.92 Å². The van der Waals surface area contributed by atoms with E-state index in [9.17, 15) is 0 Å². The fraction of sp³-hybridized carbons (Fsp3) is 0.125. The van der Waals surface area contributed by atoms with Gasteiger partial charge in [-0.3, -0.25) is 0 Å². The molecule has 0 spiro atoms. The predicted octanol–water partition coefficient (Wildman–Crippen LogP) is 15.1. The summed E-state index contributed by atoms with van der Waals surface area (Å²) in [6.45, 7) is 14.1. The van der Waals surface area contributed by atoms with Gasteiger partial charge in [0.05, 0.1) is 5.69 Å². The van der Waals surface area contributed by atoms with E-state index in [-0.39, 0.29) is 17.5 Å². The highest BCUT2D eigenvalue weighted by Crippen LogP contribution is 2.56. The van der Waals surface area contributed by atoms with Crippen molar-refractivity contribution < 1.29 is 0 Å². The predicted molar refractivity (Wildman–Crippen MR) is 293 cm³/mol. The van der Waals surface area contributed by atoms with Crippen LogP contribution in [0.2, 0.25) is 0 Å². The van der Waals surface area contributed by atoms with Gasteiger partial charge in [-0.2, -0.15) is 0 Å². The second-order valence-electron chi connectivity index (χ2n) is 20.7. The van der Waals surface area contributed by atoms with Crippen LogP contribution in [-0.2, 0) is 10.8 Å². The molecule has 5 heteroatoms. The van der Waals surface area contributed by atoms with Gasteiger partial charge in [-0.1, -0.05) is 150 Å². The molecule has 3 aliphatic rings. The summed E-state index contributed by atoms with van der Waals surface area (Å²) < 4.78 is 2.66. The molecule has 332 valence electrons. The molecule has 13 rings (SSSR count). The number of hydrogen-bond acceptors (Lipinski definition) is 3. The highest BCUT2D eigenvalue weighted by atomic mass is 15.2. The van der Waals surface area contributed by atoms with Gasteiger partial charge in [-0.25, -0.2) is 0 Å². The van der Waals surface area contributed by atoms with Gasteiger partial charge < -0.3 is 19.3 Å². The number of aryl methyl sites for hydroxylation is 1. The Kier molecular flexibility index (Phi) is 9.10. The fourth-order valence-corrected chi connectivity index (χ4v) is 12.0. The van der Waals surface area contributed by atoms with Gasteiger partial charge in [0.2, 0.25) is 0 Å². The van der Waals surface area contributed by atoms with Crippen molar-refractivity contribution in [2.75, 3.05) is 14.7 Å². The van der Waals surface area contributed by atoms with E-state index in [1.807, 2.05) is 0 Å². The molecule has 0 saturated heterocycles. The third kappa shape index (κ3) is 6.23. The van der Waals surface area contributed by atoms with Crippen LogP contribution < -0.4 is 31.1 Å². The molecule has 0 unspecified atom stereocenters. The number of hydrogen-bond donors (Lipinski definition) is 0. The van der Waals surface area contributed by atoms with Crippen LogP contribution in [0.25, 0.3) is 27.8 Å². The lowest BCUT2D eigenvalue weighted by Crippen LogP contribution is -2.60. The summed E-state index contributed by atoms with van der Waals surface area (Å²) in [5.41, 5.74) is 24.6. The summed E-state index contributed by atoms with van der Waals surface area (Å²) in [6, 6.07) is 78.8. The lowest BCUT2D eigenvalue weighted by molar-refractivity contribution is 0.590. The Bertz CT molecular complexity index is 3570. The summed E-state index contributed by atoms with van der Waals surface area (Å²) in [6.07, 6.45) is 0. The van der Waals surface area contributed by atoms with Gasteiger partial charge >= 0.3 is 0 Å². The van der Waals surface area contributed by atoms with Crippen LogP contribution in [0.15, 0.2) is 212 Å². The van der Waals surface area contributed by atoms with Crippen molar-refractivity contribution in [1.29, 1.82) is 0 Å². The first-order valence-electron chi connectivity index (χ1n) is 24.4. The molecule has 0 bridgehead atoms. The van der Waals surface area contributed by atoms with Crippen LogP contribution in [0.1, 0.15) is 56.9 Å². The van der Waals surface area contributed by atoms with Crippen molar-refractivity contribution in [3.8, 4) is 16.9 Å². The zero-order chi connectivity index (χ0) is 46.8. The zero-order valence-corrected chi connectivity index (χ0v) is 40.1. The van der Waals surface area contributed by atoms with E-state index in [0.717, 1.165) is 34.1 Å². The molecule has 3 heterocycles. The summed E-state index contributed by atoms with van der Waals surface area (Å²) >= 11 is 0. The molecule has 9 aromatic carbocycles. The third-order valence-electron chi connectivity index (χ3n) is 15.0. The van der Waals surface area contributed by atoms with E-state index in [0.29, 0.717) is 0 Å². The van der Waals surface area contributed by atoms with E-state index in [4.69, 9.17) is 0 Å². The van der Waals surface area contributed by atoms with Gasteiger partial charge in [-0.05, 0) is 148 Å². The van der Waals surface area contributed by atoms with Gasteiger partial charge in [0.15, 0.2) is 0 Å². The molecule has 0 N–H and O–H groups in total. The SMILES string of the molecule is Cc1cc2c3c(c1)-n1c4c(c5cccc(c51)B3c1ccc(N(c3ccccc3)c3ccccc3)cc1N2c1cccc(C(C)(C)C)c1)C(C)(C)c1cc(N(c2ccccc2)c2ccccc2)ccc1-4. The average Bonchev–Trinajstić information content (AvgIpc) is 3.84. The fourth-order valence-electron chi connectivity index (χ4n) is 12.0. The molecule has 1 aliphatic carbocycles. The lowest BCUT2D eigenvalue weighted by Gasteiger charge is -2.41. The lowest BCUT2D eigenvalue weighted by atomic mass is 9.33. The second-order valence-corrected chi connectivity index (χ2v) is 20.7. The molecule has 4 nitrogen and oxygen atoms in total. The topological polar surface area (TPSA) is 14.7 Å². The van der Waals surface area contributed by atoms with E-state index in [1.54, 1.807) is 0 Å². The van der Waals surface area contributed by atoms with Crippen molar-refractivity contribution in [3.63, 3.8) is 0 Å². The van der Waals surface area contributed by atoms with Gasteiger partial charge in [0.25, 0.3) is 6.71 Å². The minimum Gasteiger partial charge on any atom is -0.311 e. The Morgan fingerprint density at radius 1 is 0.478 bits per heavy atom. The van der Waals surface area contributed by atoms with Gasteiger partial charge in [0, 0.05) is 78.8 Å². The largest absolute Gasteiger partial charge is 0.311 e. The molecule has 2 aliphatic heterocycles. The number of nitrogens with zero attached hydrogens (tertiary/aromatic N) is 4. The molecule has 10 aromatic rings.